The first-order valence-electron chi connectivity index (χ1n) is 19.4. The Morgan fingerprint density at radius 3 is 2.06 bits per heavy atom. The van der Waals surface area contributed by atoms with Crippen molar-refractivity contribution in [3.05, 3.63) is 12.2 Å². The molecule has 0 aromatic rings. The highest BCUT2D eigenvalue weighted by molar-refractivity contribution is 5.21. The predicted octanol–water partition coefficient (Wildman–Crippen LogP) is -0.175. The van der Waals surface area contributed by atoms with Crippen LogP contribution in [0.2, 0.25) is 0 Å². The molecule has 6 aliphatic rings. The second-order valence-corrected chi connectivity index (χ2v) is 17.6. The minimum atomic E-state index is -1.36. The van der Waals surface area contributed by atoms with Crippen LogP contribution >= 0.6 is 0 Å². The molecule has 0 radical (unpaired) electrons. The molecule has 12 unspecified atom stereocenters. The van der Waals surface area contributed by atoms with Crippen molar-refractivity contribution in [2.24, 2.45) is 46.3 Å². The first kappa shape index (κ1) is 40.8. The highest BCUT2D eigenvalue weighted by Crippen LogP contribution is 2.69. The first-order valence-corrected chi connectivity index (χ1v) is 19.4. The molecule has 4 saturated carbocycles. The maximum Gasteiger partial charge on any atom is 0.187 e. The molecule has 4 aliphatic carbocycles. The normalized spacial score (nSPS) is 53.6. The Bertz CT molecular complexity index is 1240. The molecule has 0 spiro atoms. The van der Waals surface area contributed by atoms with E-state index < -0.39 is 96.5 Å². The molecule has 0 amide bonds. The summed E-state index contributed by atoms with van der Waals surface area (Å²) in [5.74, 6) is -0.876. The van der Waals surface area contributed by atoms with Crippen molar-refractivity contribution >= 4 is 0 Å². The molecular formula is C38H64O14. The predicted molar refractivity (Wildman–Crippen MR) is 184 cm³/mol. The lowest BCUT2D eigenvalue weighted by atomic mass is 9.41. The average molecular weight is 745 g/mol. The molecule has 2 saturated heterocycles. The number of fused-ring (bicyclic) bond motifs is 5. The maximum absolute atomic E-state index is 12.6. The molecule has 2 heterocycles. The maximum atomic E-state index is 12.6. The molecule has 9 N–H and O–H groups in total. The van der Waals surface area contributed by atoms with Crippen LogP contribution in [0.4, 0.5) is 0 Å². The fourth-order valence-corrected chi connectivity index (χ4v) is 11.8. The van der Waals surface area contributed by atoms with Crippen LogP contribution in [0.3, 0.4) is 0 Å². The molecule has 21 atom stereocenters. The Morgan fingerprint density at radius 1 is 0.750 bits per heavy atom. The second-order valence-electron chi connectivity index (χ2n) is 17.6. The zero-order valence-electron chi connectivity index (χ0n) is 31.2. The fourth-order valence-electron chi connectivity index (χ4n) is 11.8. The van der Waals surface area contributed by atoms with Gasteiger partial charge in [-0.15, -0.1) is 0 Å². The van der Waals surface area contributed by atoms with Crippen LogP contribution in [0.1, 0.15) is 72.6 Å². The number of rotatable bonds is 10. The molecule has 52 heavy (non-hydrogen) atoms. The lowest BCUT2D eigenvalue weighted by Gasteiger charge is -2.66. The summed E-state index contributed by atoms with van der Waals surface area (Å²) in [7, 11) is 1.34. The third-order valence-electron chi connectivity index (χ3n) is 14.5. The average Bonchev–Trinajstić information content (AvgIpc) is 3.37. The summed E-state index contributed by atoms with van der Waals surface area (Å²) in [5, 5.41) is 98.2. The largest absolute Gasteiger partial charge is 0.393 e. The molecule has 300 valence electrons. The third kappa shape index (κ3) is 7.06. The van der Waals surface area contributed by atoms with Crippen molar-refractivity contribution in [1.82, 2.24) is 0 Å². The summed E-state index contributed by atoms with van der Waals surface area (Å²) in [6.07, 6.45) is -4.96. The van der Waals surface area contributed by atoms with Gasteiger partial charge in [-0.2, -0.15) is 0 Å². The van der Waals surface area contributed by atoms with Crippen molar-refractivity contribution in [3.63, 3.8) is 0 Å². The first-order chi connectivity index (χ1) is 24.5. The number of hydrogen-bond acceptors (Lipinski definition) is 14. The Balaban J connectivity index is 1.06. The van der Waals surface area contributed by atoms with Crippen molar-refractivity contribution in [2.45, 2.75) is 152 Å². The number of methoxy groups -OCH3 is 1. The summed E-state index contributed by atoms with van der Waals surface area (Å²) in [4.78, 5) is 0. The Morgan fingerprint density at radius 2 is 1.38 bits per heavy atom. The van der Waals surface area contributed by atoms with Gasteiger partial charge in [0.1, 0.15) is 36.6 Å². The molecule has 0 aromatic heterocycles. The minimum Gasteiger partial charge on any atom is -0.393 e. The van der Waals surface area contributed by atoms with Crippen molar-refractivity contribution in [2.75, 3.05) is 26.9 Å². The summed E-state index contributed by atoms with van der Waals surface area (Å²) in [6, 6.07) is 0. The van der Waals surface area contributed by atoms with Gasteiger partial charge in [0.25, 0.3) is 0 Å². The quantitative estimate of drug-likeness (QED) is 0.132. The molecule has 14 heteroatoms. The van der Waals surface area contributed by atoms with Crippen molar-refractivity contribution in [1.29, 1.82) is 0 Å². The Hall–Kier alpha value is -0.820. The van der Waals surface area contributed by atoms with Gasteiger partial charge in [0.2, 0.25) is 0 Å². The van der Waals surface area contributed by atoms with Gasteiger partial charge in [0.05, 0.1) is 49.8 Å². The summed E-state index contributed by atoms with van der Waals surface area (Å²) >= 11 is 0. The number of allylic oxidation sites excluding steroid dienone is 2. The highest BCUT2D eigenvalue weighted by Gasteiger charge is 2.71. The standard InChI is InChI=1S/C38H64O14/c1-18(10-13-49-34-32(30(46)25(43)16-50-34)52-35-31(48-5)29(45)24(42)17-51-35)6-7-19(2)20-14-22(40)33-36(20,3)12-9-26-37(4)11-8-21(39)28(44)27(37)23(41)15-38(26,33)47/h6-7,18-35,39-47H,8-17H2,1-5H3/b7-6+/t18?,19-,20-,21+,22-,23+,24?,25?,26?,27?,28+,29?,30?,31?,32?,33?,34?,35?,36-,37-,38+/m1/s1. The van der Waals surface area contributed by atoms with E-state index in [2.05, 4.69) is 32.9 Å². The zero-order valence-corrected chi connectivity index (χ0v) is 31.2. The topological polar surface area (TPSA) is 228 Å². The van der Waals surface area contributed by atoms with E-state index in [9.17, 15) is 46.0 Å². The number of hydrogen-bond donors (Lipinski definition) is 9. The van der Waals surface area contributed by atoms with Crippen LogP contribution in [0.25, 0.3) is 0 Å². The van der Waals surface area contributed by atoms with Crippen LogP contribution in [-0.4, -0.2) is 152 Å². The summed E-state index contributed by atoms with van der Waals surface area (Å²) < 4.78 is 28.4. The van der Waals surface area contributed by atoms with Gasteiger partial charge in [-0.25, -0.2) is 0 Å². The van der Waals surface area contributed by atoms with E-state index in [0.717, 1.165) is 12.8 Å². The fraction of sp³-hybridized carbons (Fsp3) is 0.947. The van der Waals surface area contributed by atoms with Crippen LogP contribution in [0.15, 0.2) is 12.2 Å². The molecule has 6 fully saturated rings. The monoisotopic (exact) mass is 744 g/mol. The lowest BCUT2D eigenvalue weighted by molar-refractivity contribution is -0.345. The second kappa shape index (κ2) is 15.6. The van der Waals surface area contributed by atoms with Crippen LogP contribution in [0, 0.1) is 46.3 Å². The van der Waals surface area contributed by atoms with Gasteiger partial charge in [-0.1, -0.05) is 39.8 Å². The Labute approximate surface area is 306 Å². The van der Waals surface area contributed by atoms with E-state index in [1.807, 2.05) is 6.92 Å². The van der Waals surface area contributed by atoms with E-state index in [4.69, 9.17) is 23.7 Å². The van der Waals surface area contributed by atoms with E-state index >= 15 is 0 Å². The zero-order chi connectivity index (χ0) is 37.9. The van der Waals surface area contributed by atoms with Gasteiger partial charge in [-0.3, -0.25) is 0 Å². The number of aliphatic hydroxyl groups excluding tert-OH is 8. The van der Waals surface area contributed by atoms with Gasteiger partial charge in [-0.05, 0) is 73.0 Å². The summed E-state index contributed by atoms with van der Waals surface area (Å²) in [6.45, 7) is 8.31. The van der Waals surface area contributed by atoms with Crippen molar-refractivity contribution < 1.29 is 69.6 Å². The van der Waals surface area contributed by atoms with Gasteiger partial charge in [0, 0.05) is 25.4 Å². The van der Waals surface area contributed by atoms with Gasteiger partial charge in [0.15, 0.2) is 12.6 Å². The molecule has 6 rings (SSSR count). The third-order valence-corrected chi connectivity index (χ3v) is 14.5. The van der Waals surface area contributed by atoms with E-state index in [0.29, 0.717) is 25.7 Å². The Kier molecular flexibility index (Phi) is 12.3. The van der Waals surface area contributed by atoms with E-state index in [1.165, 1.54) is 7.11 Å². The van der Waals surface area contributed by atoms with Crippen LogP contribution in [0.5, 0.6) is 0 Å². The van der Waals surface area contributed by atoms with Gasteiger partial charge < -0.3 is 69.6 Å². The SMILES string of the molecule is COC1C(OC2C(OCCC(C)/C=C/[C@@H](C)[C@H]3C[C@@H](O)C4[C@]5(O)C[C@H](O)C6[C@@H](O)[C@@H](O)CC[C@]6(C)C5CC[C@@]43C)OCC(O)C2O)OCC(O)C1O. The smallest absolute Gasteiger partial charge is 0.187 e. The van der Waals surface area contributed by atoms with E-state index in [-0.39, 0.29) is 55.3 Å². The summed E-state index contributed by atoms with van der Waals surface area (Å²) in [5.41, 5.74) is -2.21. The van der Waals surface area contributed by atoms with Gasteiger partial charge >= 0.3 is 0 Å². The molecule has 2 aliphatic heterocycles. The molecular weight excluding hydrogens is 680 g/mol. The number of aliphatic hydroxyl groups is 9. The molecule has 0 bridgehead atoms. The number of ether oxygens (including phenoxy) is 5. The minimum absolute atomic E-state index is 0.0747. The highest BCUT2D eigenvalue weighted by atomic mass is 16.8. The lowest BCUT2D eigenvalue weighted by Crippen LogP contribution is -2.70. The van der Waals surface area contributed by atoms with Crippen LogP contribution < -0.4 is 0 Å². The van der Waals surface area contributed by atoms with Crippen LogP contribution in [-0.2, 0) is 23.7 Å². The molecule has 0 aromatic carbocycles. The van der Waals surface area contributed by atoms with Crippen molar-refractivity contribution in [3.8, 4) is 0 Å². The molecule has 14 nitrogen and oxygen atoms in total. The van der Waals surface area contributed by atoms with E-state index in [1.54, 1.807) is 0 Å².